The molecule has 0 spiro atoms. The summed E-state index contributed by atoms with van der Waals surface area (Å²) >= 11 is 0. The van der Waals surface area contributed by atoms with Crippen LogP contribution in [0.1, 0.15) is 29.6 Å². The highest BCUT2D eigenvalue weighted by atomic mass is 127. The number of nitrogens with zero attached hydrogens (tertiary/aromatic N) is 4. The van der Waals surface area contributed by atoms with E-state index < -0.39 is 0 Å². The SMILES string of the molecule is CCNC(=NCc1c(C)noc1C)N(C)Cc1cccn1C.I. The normalized spacial score (nSPS) is 11.3. The second kappa shape index (κ2) is 8.95. The Bertz CT molecular complexity index is 627. The number of aliphatic imine (C=N–C) groups is 1. The summed E-state index contributed by atoms with van der Waals surface area (Å²) in [4.78, 5) is 6.83. The predicted molar refractivity (Wildman–Crippen MR) is 103 cm³/mol. The predicted octanol–water partition coefficient (Wildman–Crippen LogP) is 2.85. The van der Waals surface area contributed by atoms with E-state index in [2.05, 4.69) is 52.2 Å². The molecule has 2 heterocycles. The Hall–Kier alpha value is -1.51. The topological polar surface area (TPSA) is 58.6 Å². The summed E-state index contributed by atoms with van der Waals surface area (Å²) in [5, 5.41) is 7.31. The first kappa shape index (κ1) is 19.5. The highest BCUT2D eigenvalue weighted by molar-refractivity contribution is 14.0. The van der Waals surface area contributed by atoms with Gasteiger partial charge in [-0.05, 0) is 32.9 Å². The Balaban J connectivity index is 0.00000264. The van der Waals surface area contributed by atoms with Gasteiger partial charge in [0.25, 0.3) is 0 Å². The van der Waals surface area contributed by atoms with Crippen molar-refractivity contribution >= 4 is 29.9 Å². The zero-order valence-electron chi connectivity index (χ0n) is 14.5. The van der Waals surface area contributed by atoms with Gasteiger partial charge >= 0.3 is 0 Å². The third-order valence-electron chi connectivity index (χ3n) is 3.72. The van der Waals surface area contributed by atoms with E-state index in [4.69, 9.17) is 9.52 Å². The van der Waals surface area contributed by atoms with E-state index in [0.29, 0.717) is 6.54 Å². The van der Waals surface area contributed by atoms with Crippen molar-refractivity contribution in [3.05, 3.63) is 41.0 Å². The van der Waals surface area contributed by atoms with Crippen molar-refractivity contribution in [3.63, 3.8) is 0 Å². The van der Waals surface area contributed by atoms with Crippen LogP contribution >= 0.6 is 24.0 Å². The van der Waals surface area contributed by atoms with Crippen LogP contribution in [0.5, 0.6) is 0 Å². The van der Waals surface area contributed by atoms with E-state index in [1.54, 1.807) is 0 Å². The lowest BCUT2D eigenvalue weighted by atomic mass is 10.2. The monoisotopic (exact) mass is 431 g/mol. The number of aryl methyl sites for hydroxylation is 3. The van der Waals surface area contributed by atoms with Crippen molar-refractivity contribution in [1.82, 2.24) is 19.9 Å². The van der Waals surface area contributed by atoms with Crippen molar-refractivity contribution in [2.45, 2.75) is 33.9 Å². The Labute approximate surface area is 155 Å². The summed E-state index contributed by atoms with van der Waals surface area (Å²) in [6.07, 6.45) is 2.05. The first-order valence-electron chi connectivity index (χ1n) is 7.54. The van der Waals surface area contributed by atoms with Crippen LogP contribution in [-0.4, -0.2) is 34.2 Å². The molecular formula is C16H26IN5O. The summed E-state index contributed by atoms with van der Waals surface area (Å²) < 4.78 is 7.31. The van der Waals surface area contributed by atoms with Crippen LogP contribution in [0.3, 0.4) is 0 Å². The average molecular weight is 431 g/mol. The Kier molecular flexibility index (Phi) is 7.60. The minimum Gasteiger partial charge on any atom is -0.361 e. The van der Waals surface area contributed by atoms with Crippen molar-refractivity contribution in [3.8, 4) is 0 Å². The van der Waals surface area contributed by atoms with Gasteiger partial charge in [-0.2, -0.15) is 0 Å². The average Bonchev–Trinajstić information content (AvgIpc) is 3.02. The van der Waals surface area contributed by atoms with E-state index >= 15 is 0 Å². The lowest BCUT2D eigenvalue weighted by Crippen LogP contribution is -2.38. The molecule has 2 aromatic rings. The number of guanidine groups is 1. The van der Waals surface area contributed by atoms with E-state index in [1.807, 2.05) is 20.9 Å². The molecule has 0 saturated carbocycles. The fourth-order valence-electron chi connectivity index (χ4n) is 2.33. The maximum atomic E-state index is 5.19. The molecule has 0 fully saturated rings. The Morgan fingerprint density at radius 1 is 1.43 bits per heavy atom. The maximum Gasteiger partial charge on any atom is 0.194 e. The standard InChI is InChI=1S/C16H25N5O.HI/c1-6-17-16(18-10-15-12(2)19-22-13(15)3)21(5)11-14-8-7-9-20(14)4;/h7-9H,6,10-11H2,1-5H3,(H,17,18);1H. The van der Waals surface area contributed by atoms with Crippen LogP contribution in [0, 0.1) is 13.8 Å². The molecule has 0 unspecified atom stereocenters. The van der Waals surface area contributed by atoms with E-state index in [9.17, 15) is 0 Å². The zero-order chi connectivity index (χ0) is 16.1. The van der Waals surface area contributed by atoms with Gasteiger partial charge in [-0.1, -0.05) is 5.16 Å². The highest BCUT2D eigenvalue weighted by Crippen LogP contribution is 2.13. The third-order valence-corrected chi connectivity index (χ3v) is 3.72. The van der Waals surface area contributed by atoms with Gasteiger partial charge in [0.05, 0.1) is 18.8 Å². The quantitative estimate of drug-likeness (QED) is 0.450. The molecule has 0 bridgehead atoms. The Morgan fingerprint density at radius 2 is 2.17 bits per heavy atom. The minimum atomic E-state index is 0. The summed E-state index contributed by atoms with van der Waals surface area (Å²) in [5.74, 6) is 1.71. The summed E-state index contributed by atoms with van der Waals surface area (Å²) in [6.45, 7) is 8.14. The molecule has 0 atom stereocenters. The van der Waals surface area contributed by atoms with Crippen LogP contribution in [-0.2, 0) is 20.1 Å². The zero-order valence-corrected chi connectivity index (χ0v) is 16.8. The first-order valence-corrected chi connectivity index (χ1v) is 7.54. The molecular weight excluding hydrogens is 405 g/mol. The molecule has 7 heteroatoms. The molecule has 2 aromatic heterocycles. The first-order chi connectivity index (χ1) is 10.5. The molecule has 0 amide bonds. The van der Waals surface area contributed by atoms with E-state index in [1.165, 1.54) is 5.69 Å². The third kappa shape index (κ3) is 4.98. The highest BCUT2D eigenvalue weighted by Gasteiger charge is 2.11. The van der Waals surface area contributed by atoms with Crippen LogP contribution in [0.15, 0.2) is 27.8 Å². The number of halogens is 1. The molecule has 0 aromatic carbocycles. The summed E-state index contributed by atoms with van der Waals surface area (Å²) in [7, 11) is 4.10. The van der Waals surface area contributed by atoms with Gasteiger partial charge in [-0.15, -0.1) is 24.0 Å². The van der Waals surface area contributed by atoms with Gasteiger partial charge in [-0.3, -0.25) is 0 Å². The van der Waals surface area contributed by atoms with Crippen LogP contribution in [0.2, 0.25) is 0 Å². The van der Waals surface area contributed by atoms with Crippen molar-refractivity contribution in [1.29, 1.82) is 0 Å². The minimum absolute atomic E-state index is 0. The molecule has 0 radical (unpaired) electrons. The number of aromatic nitrogens is 2. The lowest BCUT2D eigenvalue weighted by Gasteiger charge is -2.22. The second-order valence-electron chi connectivity index (χ2n) is 5.44. The summed E-state index contributed by atoms with van der Waals surface area (Å²) in [6, 6.07) is 4.17. The largest absolute Gasteiger partial charge is 0.361 e. The maximum absolute atomic E-state index is 5.19. The van der Waals surface area contributed by atoms with Gasteiger partial charge in [0, 0.05) is 38.1 Å². The van der Waals surface area contributed by atoms with Crippen LogP contribution < -0.4 is 5.32 Å². The van der Waals surface area contributed by atoms with E-state index in [-0.39, 0.29) is 24.0 Å². The van der Waals surface area contributed by atoms with Gasteiger partial charge in [0.15, 0.2) is 5.96 Å². The molecule has 1 N–H and O–H groups in total. The molecule has 23 heavy (non-hydrogen) atoms. The molecule has 128 valence electrons. The van der Waals surface area contributed by atoms with E-state index in [0.717, 1.165) is 36.1 Å². The van der Waals surface area contributed by atoms with Gasteiger partial charge in [-0.25, -0.2) is 4.99 Å². The van der Waals surface area contributed by atoms with Crippen molar-refractivity contribution in [2.75, 3.05) is 13.6 Å². The number of hydrogen-bond acceptors (Lipinski definition) is 3. The molecule has 0 aliphatic rings. The molecule has 0 aliphatic carbocycles. The summed E-state index contributed by atoms with van der Waals surface area (Å²) in [5.41, 5.74) is 3.20. The van der Waals surface area contributed by atoms with Crippen molar-refractivity contribution < 1.29 is 4.52 Å². The van der Waals surface area contributed by atoms with Gasteiger partial charge < -0.3 is 19.3 Å². The fourth-order valence-corrected chi connectivity index (χ4v) is 2.33. The number of rotatable bonds is 5. The smallest absolute Gasteiger partial charge is 0.194 e. The number of nitrogens with one attached hydrogen (secondary N) is 1. The van der Waals surface area contributed by atoms with Gasteiger partial charge in [0.1, 0.15) is 5.76 Å². The molecule has 2 rings (SSSR count). The number of hydrogen-bond donors (Lipinski definition) is 1. The van der Waals surface area contributed by atoms with Crippen molar-refractivity contribution in [2.24, 2.45) is 12.0 Å². The van der Waals surface area contributed by atoms with Crippen LogP contribution in [0.25, 0.3) is 0 Å². The second-order valence-corrected chi connectivity index (χ2v) is 5.44. The molecule has 0 aliphatic heterocycles. The lowest BCUT2D eigenvalue weighted by molar-refractivity contribution is 0.392. The fraction of sp³-hybridized carbons (Fsp3) is 0.500. The van der Waals surface area contributed by atoms with Gasteiger partial charge in [0.2, 0.25) is 0 Å². The van der Waals surface area contributed by atoms with Crippen LogP contribution in [0.4, 0.5) is 0 Å². The molecule has 0 saturated heterocycles. The molecule has 6 nitrogen and oxygen atoms in total. The Morgan fingerprint density at radius 3 is 2.70 bits per heavy atom.